The van der Waals surface area contributed by atoms with Crippen molar-refractivity contribution in [2.45, 2.75) is 70.8 Å². The normalized spacial score (nSPS) is 15.3. The van der Waals surface area contributed by atoms with Crippen LogP contribution in [0.1, 0.15) is 64.7 Å². The summed E-state index contributed by atoms with van der Waals surface area (Å²) in [6.45, 7) is 4.27. The minimum absolute atomic E-state index is 0.0795. The maximum absolute atomic E-state index is 13.4. The fourth-order valence-electron chi connectivity index (χ4n) is 3.68. The molecular formula is C23H33ClFN3O3. The van der Waals surface area contributed by atoms with Gasteiger partial charge in [0.05, 0.1) is 5.02 Å². The first-order valence-electron chi connectivity index (χ1n) is 11.1. The average Bonchev–Trinajstić information content (AvgIpc) is 2.74. The highest BCUT2D eigenvalue weighted by molar-refractivity contribution is 6.31. The van der Waals surface area contributed by atoms with E-state index in [2.05, 4.69) is 15.5 Å². The number of piperidine rings is 1. The Bertz CT molecular complexity index is 754. The van der Waals surface area contributed by atoms with Crippen LogP contribution < -0.4 is 10.6 Å². The van der Waals surface area contributed by atoms with Crippen LogP contribution in [-0.4, -0.2) is 48.2 Å². The van der Waals surface area contributed by atoms with Crippen molar-refractivity contribution in [1.82, 2.24) is 10.2 Å². The van der Waals surface area contributed by atoms with Crippen LogP contribution in [-0.2, 0) is 14.4 Å². The van der Waals surface area contributed by atoms with Crippen LogP contribution >= 0.6 is 11.6 Å². The second-order valence-electron chi connectivity index (χ2n) is 8.19. The molecule has 1 aliphatic rings. The quantitative estimate of drug-likeness (QED) is 0.462. The molecule has 2 amide bonds. The summed E-state index contributed by atoms with van der Waals surface area (Å²) >= 11 is 5.79. The SMILES string of the molecule is CC(=O)CCCCCC(NC(=O)CCN1CCCCC1)C(=O)Nc1ccc(F)c(Cl)c1. The van der Waals surface area contributed by atoms with E-state index in [9.17, 15) is 18.8 Å². The standard InChI is InChI=1S/C23H33ClFN3O3/c1-17(29)8-4-2-5-9-21(23(31)26-18-10-11-20(25)19(24)16-18)27-22(30)12-15-28-13-6-3-7-14-28/h10-11,16,21H,2-9,12-15H2,1H3,(H,26,31)(H,27,30). The predicted octanol–water partition coefficient (Wildman–Crippen LogP) is 4.32. The van der Waals surface area contributed by atoms with Gasteiger partial charge in [0, 0.05) is 25.1 Å². The molecule has 0 bridgehead atoms. The number of benzene rings is 1. The lowest BCUT2D eigenvalue weighted by Crippen LogP contribution is -2.45. The summed E-state index contributed by atoms with van der Waals surface area (Å²) in [5.41, 5.74) is 0.376. The Morgan fingerprint density at radius 2 is 1.84 bits per heavy atom. The summed E-state index contributed by atoms with van der Waals surface area (Å²) in [6.07, 6.45) is 7.16. The molecule has 0 spiro atoms. The molecule has 1 atom stereocenters. The van der Waals surface area contributed by atoms with Crippen LogP contribution in [0, 0.1) is 5.82 Å². The zero-order valence-electron chi connectivity index (χ0n) is 18.2. The number of carbonyl (C=O) groups excluding carboxylic acids is 3. The topological polar surface area (TPSA) is 78.5 Å². The fraction of sp³-hybridized carbons (Fsp3) is 0.609. The average molecular weight is 454 g/mol. The third-order valence-corrected chi connectivity index (χ3v) is 5.75. The van der Waals surface area contributed by atoms with Gasteiger partial charge in [-0.3, -0.25) is 9.59 Å². The van der Waals surface area contributed by atoms with Gasteiger partial charge in [-0.25, -0.2) is 4.39 Å². The number of Topliss-reactive ketones (excluding diaryl/α,β-unsaturated/α-hetero) is 1. The molecule has 0 aromatic heterocycles. The third kappa shape index (κ3) is 9.78. The van der Waals surface area contributed by atoms with Crippen molar-refractivity contribution in [1.29, 1.82) is 0 Å². The molecule has 1 fully saturated rings. The second-order valence-corrected chi connectivity index (χ2v) is 8.60. The van der Waals surface area contributed by atoms with Gasteiger partial charge in [-0.15, -0.1) is 0 Å². The summed E-state index contributed by atoms with van der Waals surface area (Å²) in [5.74, 6) is -0.937. The van der Waals surface area contributed by atoms with Gasteiger partial charge in [0.25, 0.3) is 0 Å². The van der Waals surface area contributed by atoms with Crippen LogP contribution in [0.25, 0.3) is 0 Å². The Labute approximate surface area is 188 Å². The third-order valence-electron chi connectivity index (χ3n) is 5.46. The van der Waals surface area contributed by atoms with E-state index in [0.29, 0.717) is 37.9 Å². The Morgan fingerprint density at radius 1 is 1.10 bits per heavy atom. The number of nitrogens with one attached hydrogen (secondary N) is 2. The fourth-order valence-corrected chi connectivity index (χ4v) is 3.86. The zero-order valence-corrected chi connectivity index (χ0v) is 19.0. The highest BCUT2D eigenvalue weighted by Crippen LogP contribution is 2.20. The van der Waals surface area contributed by atoms with Crippen molar-refractivity contribution in [3.63, 3.8) is 0 Å². The van der Waals surface area contributed by atoms with Gasteiger partial charge in [0.1, 0.15) is 17.6 Å². The van der Waals surface area contributed by atoms with Crippen molar-refractivity contribution >= 4 is 34.9 Å². The van der Waals surface area contributed by atoms with E-state index < -0.39 is 11.9 Å². The van der Waals surface area contributed by atoms with Crippen molar-refractivity contribution in [3.8, 4) is 0 Å². The van der Waals surface area contributed by atoms with E-state index in [1.807, 2.05) is 0 Å². The maximum Gasteiger partial charge on any atom is 0.246 e. The van der Waals surface area contributed by atoms with Gasteiger partial charge >= 0.3 is 0 Å². The smallest absolute Gasteiger partial charge is 0.246 e. The molecule has 1 aromatic rings. The number of likely N-dealkylation sites (tertiary alicyclic amines) is 1. The molecule has 1 heterocycles. The van der Waals surface area contributed by atoms with Gasteiger partial charge < -0.3 is 20.3 Å². The summed E-state index contributed by atoms with van der Waals surface area (Å²) in [5, 5.41) is 5.48. The lowest BCUT2D eigenvalue weighted by Gasteiger charge is -2.26. The van der Waals surface area contributed by atoms with E-state index in [1.54, 1.807) is 6.92 Å². The van der Waals surface area contributed by atoms with Gasteiger partial charge in [-0.2, -0.15) is 0 Å². The molecule has 2 rings (SSSR count). The molecule has 1 unspecified atom stereocenters. The van der Waals surface area contributed by atoms with Crippen LogP contribution in [0.3, 0.4) is 0 Å². The van der Waals surface area contributed by atoms with Crippen molar-refractivity contribution in [2.75, 3.05) is 25.0 Å². The maximum atomic E-state index is 13.4. The van der Waals surface area contributed by atoms with Crippen LogP contribution in [0.4, 0.5) is 10.1 Å². The van der Waals surface area contributed by atoms with E-state index in [1.165, 1.54) is 24.6 Å². The Hall–Kier alpha value is -1.99. The molecule has 1 aliphatic heterocycles. The summed E-state index contributed by atoms with van der Waals surface area (Å²) in [7, 11) is 0. The van der Waals surface area contributed by atoms with Crippen LogP contribution in [0.15, 0.2) is 18.2 Å². The van der Waals surface area contributed by atoms with Crippen molar-refractivity contribution in [2.24, 2.45) is 0 Å². The van der Waals surface area contributed by atoms with Crippen LogP contribution in [0.2, 0.25) is 5.02 Å². The van der Waals surface area contributed by atoms with E-state index >= 15 is 0 Å². The molecule has 1 aromatic carbocycles. The van der Waals surface area contributed by atoms with E-state index in [4.69, 9.17) is 11.6 Å². The first-order chi connectivity index (χ1) is 14.8. The Morgan fingerprint density at radius 3 is 2.52 bits per heavy atom. The zero-order chi connectivity index (χ0) is 22.6. The van der Waals surface area contributed by atoms with Gasteiger partial charge in [-0.05, 0) is 63.9 Å². The number of unbranched alkanes of at least 4 members (excludes halogenated alkanes) is 2. The largest absolute Gasteiger partial charge is 0.344 e. The Kier molecular flexibility index (Phi) is 10.9. The van der Waals surface area contributed by atoms with Gasteiger partial charge in [-0.1, -0.05) is 30.9 Å². The number of halogens is 2. The molecule has 1 saturated heterocycles. The number of hydrogen-bond donors (Lipinski definition) is 2. The summed E-state index contributed by atoms with van der Waals surface area (Å²) < 4.78 is 13.4. The highest BCUT2D eigenvalue weighted by atomic mass is 35.5. The Balaban J connectivity index is 1.90. The number of ketones is 1. The summed E-state index contributed by atoms with van der Waals surface area (Å²) in [4.78, 5) is 38.7. The molecule has 8 heteroatoms. The molecule has 0 aliphatic carbocycles. The molecule has 2 N–H and O–H groups in total. The molecule has 172 valence electrons. The number of rotatable bonds is 12. The highest BCUT2D eigenvalue weighted by Gasteiger charge is 2.21. The lowest BCUT2D eigenvalue weighted by molar-refractivity contribution is -0.126. The monoisotopic (exact) mass is 453 g/mol. The molecule has 31 heavy (non-hydrogen) atoms. The lowest BCUT2D eigenvalue weighted by atomic mass is 10.0. The number of hydrogen-bond acceptors (Lipinski definition) is 4. The van der Waals surface area contributed by atoms with E-state index in [0.717, 1.165) is 38.8 Å². The van der Waals surface area contributed by atoms with Crippen LogP contribution in [0.5, 0.6) is 0 Å². The second kappa shape index (κ2) is 13.4. The first kappa shape index (κ1) is 25.3. The van der Waals surface area contributed by atoms with Gasteiger partial charge in [0.15, 0.2) is 0 Å². The minimum atomic E-state index is -0.699. The first-order valence-corrected chi connectivity index (χ1v) is 11.5. The minimum Gasteiger partial charge on any atom is -0.344 e. The molecule has 6 nitrogen and oxygen atoms in total. The number of amides is 2. The molecule has 0 radical (unpaired) electrons. The van der Waals surface area contributed by atoms with Crippen molar-refractivity contribution < 1.29 is 18.8 Å². The van der Waals surface area contributed by atoms with Crippen molar-refractivity contribution in [3.05, 3.63) is 29.0 Å². The van der Waals surface area contributed by atoms with Gasteiger partial charge in [0.2, 0.25) is 11.8 Å². The number of anilines is 1. The number of nitrogens with zero attached hydrogens (tertiary/aromatic N) is 1. The molecular weight excluding hydrogens is 421 g/mol. The predicted molar refractivity (Wildman–Crippen MR) is 121 cm³/mol. The number of carbonyl (C=O) groups is 3. The van der Waals surface area contributed by atoms with E-state index in [-0.39, 0.29) is 22.6 Å². The summed E-state index contributed by atoms with van der Waals surface area (Å²) in [6, 6.07) is 3.26. The molecule has 0 saturated carbocycles.